The Bertz CT molecular complexity index is 433. The van der Waals surface area contributed by atoms with E-state index >= 15 is 0 Å². The molecule has 1 aliphatic rings. The number of hydrogen-bond acceptors (Lipinski definition) is 3. The van der Waals surface area contributed by atoms with Crippen LogP contribution in [0.25, 0.3) is 0 Å². The van der Waals surface area contributed by atoms with E-state index in [0.29, 0.717) is 24.8 Å². The topological polar surface area (TPSA) is 42.2 Å². The van der Waals surface area contributed by atoms with Gasteiger partial charge in [-0.2, -0.15) is 13.2 Å². The first-order valence-corrected chi connectivity index (χ1v) is 6.46. The highest BCUT2D eigenvalue weighted by Gasteiger charge is 2.33. The van der Waals surface area contributed by atoms with Crippen LogP contribution in [0.5, 0.6) is 0 Å². The molecule has 0 spiro atoms. The zero-order chi connectivity index (χ0) is 14.0. The molecule has 3 nitrogen and oxygen atoms in total. The number of pyridine rings is 1. The maximum atomic E-state index is 12.6. The molecule has 2 heterocycles. The number of piperidine rings is 1. The van der Waals surface area contributed by atoms with E-state index in [1.54, 1.807) is 6.07 Å². The molecule has 1 aromatic heterocycles. The normalized spacial score (nSPS) is 24.6. The number of rotatable bonds is 2. The highest BCUT2D eigenvalue weighted by molar-refractivity contribution is 5.40. The first-order valence-electron chi connectivity index (χ1n) is 6.46. The first-order chi connectivity index (χ1) is 8.91. The molecule has 0 amide bonds. The van der Waals surface area contributed by atoms with Crippen LogP contribution in [0, 0.1) is 5.92 Å². The predicted octanol–water partition coefficient (Wildman–Crippen LogP) is 2.66. The molecule has 1 aromatic rings. The first kappa shape index (κ1) is 14.1. The summed E-state index contributed by atoms with van der Waals surface area (Å²) in [5.41, 5.74) is 5.16. The summed E-state index contributed by atoms with van der Waals surface area (Å²) >= 11 is 0. The summed E-state index contributed by atoms with van der Waals surface area (Å²) in [7, 11) is 0. The Hall–Kier alpha value is -1.30. The van der Waals surface area contributed by atoms with E-state index in [-0.39, 0.29) is 6.04 Å². The number of nitrogens with two attached hydrogens (primary N) is 1. The molecular weight excluding hydrogens is 255 g/mol. The van der Waals surface area contributed by atoms with E-state index in [4.69, 9.17) is 5.73 Å². The van der Waals surface area contributed by atoms with Crippen molar-refractivity contribution in [2.75, 3.05) is 18.0 Å². The number of nitrogens with zero attached hydrogens (tertiary/aromatic N) is 2. The van der Waals surface area contributed by atoms with Crippen LogP contribution < -0.4 is 10.6 Å². The van der Waals surface area contributed by atoms with Gasteiger partial charge in [-0.15, -0.1) is 0 Å². The Morgan fingerprint density at radius 2 is 2.16 bits per heavy atom. The highest BCUT2D eigenvalue weighted by atomic mass is 19.4. The molecule has 2 rings (SSSR count). The third-order valence-electron chi connectivity index (χ3n) is 3.67. The molecule has 0 saturated carbocycles. The van der Waals surface area contributed by atoms with Crippen LogP contribution >= 0.6 is 0 Å². The molecule has 0 bridgehead atoms. The lowest BCUT2D eigenvalue weighted by Crippen LogP contribution is -2.47. The van der Waals surface area contributed by atoms with Gasteiger partial charge in [0, 0.05) is 19.1 Å². The number of anilines is 1. The van der Waals surface area contributed by atoms with Crippen molar-refractivity contribution in [2.24, 2.45) is 11.7 Å². The maximum absolute atomic E-state index is 12.6. The van der Waals surface area contributed by atoms with Gasteiger partial charge >= 0.3 is 6.18 Å². The smallest absolute Gasteiger partial charge is 0.356 e. The van der Waals surface area contributed by atoms with Crippen LogP contribution in [0.3, 0.4) is 0 Å². The van der Waals surface area contributed by atoms with Crippen molar-refractivity contribution in [3.63, 3.8) is 0 Å². The van der Waals surface area contributed by atoms with Gasteiger partial charge in [0.25, 0.3) is 0 Å². The number of alkyl halides is 3. The van der Waals surface area contributed by atoms with Crippen molar-refractivity contribution < 1.29 is 13.2 Å². The second-order valence-corrected chi connectivity index (χ2v) is 4.95. The highest BCUT2D eigenvalue weighted by Crippen LogP contribution is 2.30. The second kappa shape index (κ2) is 5.36. The monoisotopic (exact) mass is 273 g/mol. The zero-order valence-corrected chi connectivity index (χ0v) is 10.8. The average molecular weight is 273 g/mol. The quantitative estimate of drug-likeness (QED) is 0.900. The van der Waals surface area contributed by atoms with Crippen LogP contribution in [0.1, 0.15) is 25.5 Å². The Morgan fingerprint density at radius 3 is 2.79 bits per heavy atom. The summed E-state index contributed by atoms with van der Waals surface area (Å²) in [6.07, 6.45) is -2.68. The van der Waals surface area contributed by atoms with E-state index < -0.39 is 11.9 Å². The standard InChI is InChI=1S/C13H18F3N3/c1-2-9-8-19(7-6-10(9)17)12-5-3-4-11(18-12)13(14,15)16/h3-5,9-10H,2,6-8,17H2,1H3. The fraction of sp³-hybridized carbons (Fsp3) is 0.615. The number of hydrogen-bond donors (Lipinski definition) is 1. The minimum Gasteiger partial charge on any atom is -0.356 e. The van der Waals surface area contributed by atoms with Crippen LogP contribution in [-0.2, 0) is 6.18 Å². The molecule has 0 aliphatic carbocycles. The number of aromatic nitrogens is 1. The van der Waals surface area contributed by atoms with Crippen LogP contribution in [-0.4, -0.2) is 24.1 Å². The van der Waals surface area contributed by atoms with Gasteiger partial charge in [-0.1, -0.05) is 19.4 Å². The molecule has 6 heteroatoms. The van der Waals surface area contributed by atoms with Crippen LogP contribution in [0.4, 0.5) is 19.0 Å². The third kappa shape index (κ3) is 3.18. The third-order valence-corrected chi connectivity index (χ3v) is 3.67. The molecule has 19 heavy (non-hydrogen) atoms. The maximum Gasteiger partial charge on any atom is 0.433 e. The van der Waals surface area contributed by atoms with E-state index in [0.717, 1.165) is 18.9 Å². The fourth-order valence-electron chi connectivity index (χ4n) is 2.45. The lowest BCUT2D eigenvalue weighted by Gasteiger charge is -2.37. The summed E-state index contributed by atoms with van der Waals surface area (Å²) < 4.78 is 37.9. The van der Waals surface area contributed by atoms with Gasteiger partial charge in [-0.05, 0) is 24.5 Å². The molecule has 2 unspecified atom stereocenters. The van der Waals surface area contributed by atoms with Crippen LogP contribution in [0.15, 0.2) is 18.2 Å². The van der Waals surface area contributed by atoms with Gasteiger partial charge < -0.3 is 10.6 Å². The molecule has 1 saturated heterocycles. The Kier molecular flexibility index (Phi) is 3.99. The minimum atomic E-state index is -4.40. The SMILES string of the molecule is CCC1CN(c2cccc(C(F)(F)F)n2)CCC1N. The fourth-order valence-corrected chi connectivity index (χ4v) is 2.45. The van der Waals surface area contributed by atoms with Gasteiger partial charge in [0.2, 0.25) is 0 Å². The van der Waals surface area contributed by atoms with Crippen molar-refractivity contribution >= 4 is 5.82 Å². The average Bonchev–Trinajstić information content (AvgIpc) is 2.38. The van der Waals surface area contributed by atoms with Crippen molar-refractivity contribution in [1.82, 2.24) is 4.98 Å². The van der Waals surface area contributed by atoms with Crippen molar-refractivity contribution in [2.45, 2.75) is 32.0 Å². The summed E-state index contributed by atoms with van der Waals surface area (Å²) in [5.74, 6) is 0.699. The molecule has 1 fully saturated rings. The zero-order valence-electron chi connectivity index (χ0n) is 10.8. The predicted molar refractivity (Wildman–Crippen MR) is 67.8 cm³/mol. The summed E-state index contributed by atoms with van der Waals surface area (Å²) in [4.78, 5) is 5.62. The largest absolute Gasteiger partial charge is 0.433 e. The van der Waals surface area contributed by atoms with Crippen molar-refractivity contribution in [3.8, 4) is 0 Å². The van der Waals surface area contributed by atoms with Crippen LogP contribution in [0.2, 0.25) is 0 Å². The van der Waals surface area contributed by atoms with Gasteiger partial charge in [0.05, 0.1) is 0 Å². The molecule has 106 valence electrons. The molecular formula is C13H18F3N3. The Balaban J connectivity index is 2.18. The lowest BCUT2D eigenvalue weighted by atomic mass is 9.91. The van der Waals surface area contributed by atoms with Crippen molar-refractivity contribution in [3.05, 3.63) is 23.9 Å². The molecule has 2 atom stereocenters. The van der Waals surface area contributed by atoms with Crippen molar-refractivity contribution in [1.29, 1.82) is 0 Å². The second-order valence-electron chi connectivity index (χ2n) is 4.95. The van der Waals surface area contributed by atoms with E-state index in [2.05, 4.69) is 4.98 Å². The molecule has 1 aliphatic heterocycles. The Labute approximate surface area is 110 Å². The summed E-state index contributed by atoms with van der Waals surface area (Å²) in [6.45, 7) is 3.38. The van der Waals surface area contributed by atoms with E-state index in [9.17, 15) is 13.2 Å². The number of halogens is 3. The van der Waals surface area contributed by atoms with Gasteiger partial charge in [-0.3, -0.25) is 0 Å². The summed E-state index contributed by atoms with van der Waals surface area (Å²) in [5, 5.41) is 0. The van der Waals surface area contributed by atoms with Gasteiger partial charge in [0.15, 0.2) is 0 Å². The van der Waals surface area contributed by atoms with E-state index in [1.165, 1.54) is 6.07 Å². The molecule has 0 radical (unpaired) electrons. The van der Waals surface area contributed by atoms with E-state index in [1.807, 2.05) is 11.8 Å². The molecule has 2 N–H and O–H groups in total. The molecule has 0 aromatic carbocycles. The Morgan fingerprint density at radius 1 is 1.42 bits per heavy atom. The minimum absolute atomic E-state index is 0.132. The summed E-state index contributed by atoms with van der Waals surface area (Å²) in [6, 6.07) is 4.16. The van der Waals surface area contributed by atoms with Gasteiger partial charge in [-0.25, -0.2) is 4.98 Å². The van der Waals surface area contributed by atoms with Gasteiger partial charge in [0.1, 0.15) is 11.5 Å². The lowest BCUT2D eigenvalue weighted by molar-refractivity contribution is -0.141.